The van der Waals surface area contributed by atoms with Crippen molar-refractivity contribution >= 4 is 5.97 Å². The van der Waals surface area contributed by atoms with Crippen LogP contribution in [-0.2, 0) is 4.79 Å². The Labute approximate surface area is 122 Å². The van der Waals surface area contributed by atoms with Crippen molar-refractivity contribution < 1.29 is 9.90 Å². The largest absolute Gasteiger partial charge is 0.481 e. The van der Waals surface area contributed by atoms with E-state index in [2.05, 4.69) is 12.2 Å². The summed E-state index contributed by atoms with van der Waals surface area (Å²) in [6.45, 7) is 2.30. The SMILES string of the molecule is CCC1CCCC(NC2C3CCC(C3)C2C(=O)O)CC1. The van der Waals surface area contributed by atoms with Crippen molar-refractivity contribution in [3.63, 3.8) is 0 Å². The molecule has 0 aromatic heterocycles. The van der Waals surface area contributed by atoms with Crippen molar-refractivity contribution in [1.29, 1.82) is 0 Å². The minimum absolute atomic E-state index is 0.112. The van der Waals surface area contributed by atoms with Gasteiger partial charge in [0.2, 0.25) is 0 Å². The van der Waals surface area contributed by atoms with E-state index in [1.54, 1.807) is 0 Å². The van der Waals surface area contributed by atoms with Gasteiger partial charge in [0.25, 0.3) is 0 Å². The van der Waals surface area contributed by atoms with Crippen LogP contribution in [0.25, 0.3) is 0 Å². The maximum atomic E-state index is 11.6. The van der Waals surface area contributed by atoms with Gasteiger partial charge in [0.15, 0.2) is 0 Å². The van der Waals surface area contributed by atoms with Crippen LogP contribution in [-0.4, -0.2) is 23.2 Å². The molecule has 6 unspecified atom stereocenters. The van der Waals surface area contributed by atoms with E-state index in [4.69, 9.17) is 0 Å². The molecule has 114 valence electrons. The van der Waals surface area contributed by atoms with Gasteiger partial charge in [-0.1, -0.05) is 26.2 Å². The lowest BCUT2D eigenvalue weighted by molar-refractivity contribution is -0.144. The molecule has 3 aliphatic carbocycles. The Kier molecular flexibility index (Phi) is 4.34. The fraction of sp³-hybridized carbons (Fsp3) is 0.941. The number of hydrogen-bond acceptors (Lipinski definition) is 2. The normalized spacial score (nSPS) is 44.5. The van der Waals surface area contributed by atoms with Crippen LogP contribution in [0.3, 0.4) is 0 Å². The van der Waals surface area contributed by atoms with Crippen LogP contribution in [0.1, 0.15) is 64.7 Å². The number of fused-ring (bicyclic) bond motifs is 2. The van der Waals surface area contributed by atoms with Crippen molar-refractivity contribution in [3.8, 4) is 0 Å². The van der Waals surface area contributed by atoms with E-state index in [0.717, 1.165) is 18.8 Å². The molecule has 0 radical (unpaired) electrons. The van der Waals surface area contributed by atoms with E-state index in [9.17, 15) is 9.90 Å². The van der Waals surface area contributed by atoms with E-state index < -0.39 is 5.97 Å². The molecule has 3 saturated carbocycles. The highest BCUT2D eigenvalue weighted by Gasteiger charge is 2.51. The fourth-order valence-electron chi connectivity index (χ4n) is 5.11. The van der Waals surface area contributed by atoms with Gasteiger partial charge in [0.05, 0.1) is 5.92 Å². The molecule has 2 N–H and O–H groups in total. The van der Waals surface area contributed by atoms with Crippen molar-refractivity contribution in [2.24, 2.45) is 23.7 Å². The molecular formula is C17H29NO2. The van der Waals surface area contributed by atoms with Gasteiger partial charge >= 0.3 is 5.97 Å². The molecule has 6 atom stereocenters. The van der Waals surface area contributed by atoms with Crippen molar-refractivity contribution in [2.75, 3.05) is 0 Å². The first-order chi connectivity index (χ1) is 9.69. The Hall–Kier alpha value is -0.570. The van der Waals surface area contributed by atoms with E-state index in [-0.39, 0.29) is 12.0 Å². The highest BCUT2D eigenvalue weighted by Crippen LogP contribution is 2.49. The zero-order chi connectivity index (χ0) is 14.1. The van der Waals surface area contributed by atoms with Gasteiger partial charge in [-0.15, -0.1) is 0 Å². The highest BCUT2D eigenvalue weighted by molar-refractivity contribution is 5.72. The third-order valence-electron chi connectivity index (χ3n) is 6.30. The zero-order valence-corrected chi connectivity index (χ0v) is 12.7. The van der Waals surface area contributed by atoms with E-state index >= 15 is 0 Å². The summed E-state index contributed by atoms with van der Waals surface area (Å²) in [7, 11) is 0. The maximum Gasteiger partial charge on any atom is 0.308 e. The van der Waals surface area contributed by atoms with Gasteiger partial charge in [-0.25, -0.2) is 0 Å². The van der Waals surface area contributed by atoms with Gasteiger partial charge in [-0.05, 0) is 56.3 Å². The summed E-state index contributed by atoms with van der Waals surface area (Å²) >= 11 is 0. The zero-order valence-electron chi connectivity index (χ0n) is 12.7. The number of rotatable bonds is 4. The maximum absolute atomic E-state index is 11.6. The summed E-state index contributed by atoms with van der Waals surface area (Å²) in [6.07, 6.45) is 11.3. The lowest BCUT2D eigenvalue weighted by Crippen LogP contribution is -2.48. The second-order valence-electron chi connectivity index (χ2n) is 7.37. The average molecular weight is 279 g/mol. The van der Waals surface area contributed by atoms with Crippen LogP contribution >= 0.6 is 0 Å². The van der Waals surface area contributed by atoms with E-state index in [0.29, 0.717) is 17.9 Å². The molecule has 0 spiro atoms. The number of nitrogens with one attached hydrogen (secondary N) is 1. The third kappa shape index (κ3) is 2.74. The molecule has 0 aliphatic heterocycles. The smallest absolute Gasteiger partial charge is 0.308 e. The first-order valence-electron chi connectivity index (χ1n) is 8.68. The summed E-state index contributed by atoms with van der Waals surface area (Å²) < 4.78 is 0. The standard InChI is InChI=1S/C17H29NO2/c1-2-11-4-3-5-14(9-6-11)18-16-13-8-7-12(10-13)15(16)17(19)20/h11-16,18H,2-10H2,1H3,(H,19,20). The lowest BCUT2D eigenvalue weighted by Gasteiger charge is -2.32. The molecule has 3 nitrogen and oxygen atoms in total. The van der Waals surface area contributed by atoms with Gasteiger partial charge in [-0.3, -0.25) is 4.79 Å². The molecule has 0 heterocycles. The summed E-state index contributed by atoms with van der Waals surface area (Å²) in [4.78, 5) is 11.6. The first kappa shape index (κ1) is 14.4. The molecule has 20 heavy (non-hydrogen) atoms. The minimum Gasteiger partial charge on any atom is -0.481 e. The predicted octanol–water partition coefficient (Wildman–Crippen LogP) is 3.43. The van der Waals surface area contributed by atoms with Gasteiger partial charge in [-0.2, -0.15) is 0 Å². The van der Waals surface area contributed by atoms with Gasteiger partial charge in [0.1, 0.15) is 0 Å². The monoisotopic (exact) mass is 279 g/mol. The minimum atomic E-state index is -0.560. The molecule has 0 aromatic carbocycles. The molecule has 0 saturated heterocycles. The lowest BCUT2D eigenvalue weighted by atomic mass is 9.83. The van der Waals surface area contributed by atoms with Crippen LogP contribution in [0.4, 0.5) is 0 Å². The Bertz CT molecular complexity index is 357. The topological polar surface area (TPSA) is 49.3 Å². The van der Waals surface area contributed by atoms with Crippen LogP contribution in [0.2, 0.25) is 0 Å². The molecule has 3 aliphatic rings. The van der Waals surface area contributed by atoms with Gasteiger partial charge in [0, 0.05) is 12.1 Å². The van der Waals surface area contributed by atoms with Crippen molar-refractivity contribution in [2.45, 2.75) is 76.8 Å². The third-order valence-corrected chi connectivity index (χ3v) is 6.30. The Morgan fingerprint density at radius 3 is 2.65 bits per heavy atom. The molecule has 0 aromatic rings. The molecular weight excluding hydrogens is 250 g/mol. The summed E-state index contributed by atoms with van der Waals surface area (Å²) in [6, 6.07) is 0.826. The molecule has 3 rings (SSSR count). The van der Waals surface area contributed by atoms with Crippen LogP contribution < -0.4 is 5.32 Å². The van der Waals surface area contributed by atoms with Crippen molar-refractivity contribution in [3.05, 3.63) is 0 Å². The number of carboxylic acids is 1. The van der Waals surface area contributed by atoms with Gasteiger partial charge < -0.3 is 10.4 Å². The average Bonchev–Trinajstić information content (AvgIpc) is 2.94. The molecule has 2 bridgehead atoms. The predicted molar refractivity (Wildman–Crippen MR) is 79.5 cm³/mol. The highest BCUT2D eigenvalue weighted by atomic mass is 16.4. The first-order valence-corrected chi connectivity index (χ1v) is 8.68. The molecule has 3 fully saturated rings. The number of carbonyl (C=O) groups is 1. The molecule has 3 heteroatoms. The Morgan fingerprint density at radius 1 is 1.10 bits per heavy atom. The Morgan fingerprint density at radius 2 is 1.90 bits per heavy atom. The fourth-order valence-corrected chi connectivity index (χ4v) is 5.11. The second kappa shape index (κ2) is 6.05. The molecule has 0 amide bonds. The van der Waals surface area contributed by atoms with Crippen LogP contribution in [0.15, 0.2) is 0 Å². The summed E-state index contributed by atoms with van der Waals surface area (Å²) in [5, 5.41) is 13.3. The van der Waals surface area contributed by atoms with Crippen molar-refractivity contribution in [1.82, 2.24) is 5.32 Å². The number of aliphatic carboxylic acids is 1. The number of hydrogen-bond donors (Lipinski definition) is 2. The Balaban J connectivity index is 1.60. The van der Waals surface area contributed by atoms with Crippen LogP contribution in [0, 0.1) is 23.7 Å². The van der Waals surface area contributed by atoms with E-state index in [1.807, 2.05) is 0 Å². The second-order valence-corrected chi connectivity index (χ2v) is 7.37. The van der Waals surface area contributed by atoms with Crippen LogP contribution in [0.5, 0.6) is 0 Å². The quantitative estimate of drug-likeness (QED) is 0.775. The van der Waals surface area contributed by atoms with E-state index in [1.165, 1.54) is 44.9 Å². The summed E-state index contributed by atoms with van der Waals surface area (Å²) in [5.74, 6) is 1.31. The number of carboxylic acid groups (broad SMARTS) is 1. The summed E-state index contributed by atoms with van der Waals surface area (Å²) in [5.41, 5.74) is 0.